The fourth-order valence-electron chi connectivity index (χ4n) is 2.98. The Kier molecular flexibility index (Phi) is 4.74. The maximum absolute atomic E-state index is 12.8. The fraction of sp³-hybridized carbons (Fsp3) is 0.263. The molecule has 0 radical (unpaired) electrons. The van der Waals surface area contributed by atoms with Crippen LogP contribution >= 0.6 is 0 Å². The lowest BCUT2D eigenvalue weighted by Gasteiger charge is -2.17. The molecule has 0 aromatic heterocycles. The number of rotatable bonds is 4. The fourth-order valence-corrected chi connectivity index (χ4v) is 2.98. The Morgan fingerprint density at radius 2 is 1.58 bits per heavy atom. The summed E-state index contributed by atoms with van der Waals surface area (Å²) in [6, 6.07) is 15.5. The van der Waals surface area contributed by atoms with E-state index >= 15 is 0 Å². The van der Waals surface area contributed by atoms with Crippen molar-refractivity contribution < 1.29 is 19.8 Å². The van der Waals surface area contributed by atoms with Gasteiger partial charge < -0.3 is 15.1 Å². The van der Waals surface area contributed by atoms with E-state index in [-0.39, 0.29) is 37.3 Å². The summed E-state index contributed by atoms with van der Waals surface area (Å²) in [7, 11) is 0. The first-order valence-corrected chi connectivity index (χ1v) is 7.88. The average Bonchev–Trinajstić information content (AvgIpc) is 3.02. The molecule has 2 aromatic carbocycles. The highest BCUT2D eigenvalue weighted by Crippen LogP contribution is 2.22. The normalized spacial score (nSPS) is 20.2. The highest BCUT2D eigenvalue weighted by molar-refractivity contribution is 6.15. The zero-order valence-corrected chi connectivity index (χ0v) is 13.1. The summed E-state index contributed by atoms with van der Waals surface area (Å²) in [5, 5.41) is 19.1. The van der Waals surface area contributed by atoms with Gasteiger partial charge in [-0.2, -0.15) is 0 Å². The second kappa shape index (κ2) is 6.95. The van der Waals surface area contributed by atoms with Crippen molar-refractivity contribution in [3.05, 3.63) is 71.3 Å². The summed E-state index contributed by atoms with van der Waals surface area (Å²) in [6.45, 7) is 0.276. The van der Waals surface area contributed by atoms with Gasteiger partial charge in [0, 0.05) is 30.1 Å². The van der Waals surface area contributed by atoms with Gasteiger partial charge in [0.05, 0.1) is 18.3 Å². The number of aliphatic hydroxyl groups excluding tert-OH is 2. The second-order valence-electron chi connectivity index (χ2n) is 5.96. The first kappa shape index (κ1) is 16.4. The van der Waals surface area contributed by atoms with Gasteiger partial charge in [0.1, 0.15) is 0 Å². The summed E-state index contributed by atoms with van der Waals surface area (Å²) in [5.41, 5.74) is 1.18. The van der Waals surface area contributed by atoms with Crippen LogP contribution in [0.5, 0.6) is 0 Å². The van der Waals surface area contributed by atoms with Gasteiger partial charge in [-0.25, -0.2) is 0 Å². The molecule has 5 heteroatoms. The Labute approximate surface area is 140 Å². The van der Waals surface area contributed by atoms with E-state index in [1.807, 2.05) is 6.07 Å². The summed E-state index contributed by atoms with van der Waals surface area (Å²) in [5.74, 6) is -0.853. The minimum absolute atomic E-state index is 0.165. The van der Waals surface area contributed by atoms with Gasteiger partial charge in [-0.05, 0) is 6.07 Å². The molecule has 0 aliphatic carbocycles. The van der Waals surface area contributed by atoms with Gasteiger partial charge in [-0.1, -0.05) is 48.5 Å². The van der Waals surface area contributed by atoms with Crippen molar-refractivity contribution in [1.82, 2.24) is 4.90 Å². The zero-order chi connectivity index (χ0) is 17.1. The maximum atomic E-state index is 12.8. The van der Waals surface area contributed by atoms with Crippen LogP contribution in [-0.2, 0) is 0 Å². The SMILES string of the molecule is O=C(c1ccccc1)c1ccccc1C(=O)N1C[C@@H](CO)[C@H](O)C1. The minimum atomic E-state index is -0.740. The Bertz CT molecular complexity index is 744. The van der Waals surface area contributed by atoms with Gasteiger partial charge in [0.25, 0.3) is 5.91 Å². The highest BCUT2D eigenvalue weighted by Gasteiger charge is 2.34. The molecular weight excluding hydrogens is 306 g/mol. The number of benzene rings is 2. The van der Waals surface area contributed by atoms with Crippen molar-refractivity contribution in [2.75, 3.05) is 19.7 Å². The highest BCUT2D eigenvalue weighted by atomic mass is 16.3. The molecule has 1 fully saturated rings. The van der Waals surface area contributed by atoms with E-state index in [1.54, 1.807) is 48.5 Å². The minimum Gasteiger partial charge on any atom is -0.396 e. The quantitative estimate of drug-likeness (QED) is 0.832. The van der Waals surface area contributed by atoms with Gasteiger partial charge in [-0.15, -0.1) is 0 Å². The molecule has 2 atom stereocenters. The Morgan fingerprint density at radius 1 is 0.958 bits per heavy atom. The zero-order valence-electron chi connectivity index (χ0n) is 13.1. The van der Waals surface area contributed by atoms with E-state index in [9.17, 15) is 19.8 Å². The second-order valence-corrected chi connectivity index (χ2v) is 5.96. The molecule has 0 unspecified atom stereocenters. The van der Waals surface area contributed by atoms with Gasteiger partial charge in [0.2, 0.25) is 0 Å². The number of hydrogen-bond acceptors (Lipinski definition) is 4. The van der Waals surface area contributed by atoms with E-state index in [4.69, 9.17) is 0 Å². The number of hydrogen-bond donors (Lipinski definition) is 2. The molecular formula is C19H19NO4. The van der Waals surface area contributed by atoms with Crippen LogP contribution in [0.15, 0.2) is 54.6 Å². The number of β-amino-alcohol motifs (C(OH)–C–C–N with tert-alkyl or cyclic N) is 1. The van der Waals surface area contributed by atoms with Crippen molar-refractivity contribution in [3.8, 4) is 0 Å². The van der Waals surface area contributed by atoms with Gasteiger partial charge >= 0.3 is 0 Å². The largest absolute Gasteiger partial charge is 0.396 e. The number of carbonyl (C=O) groups excluding carboxylic acids is 2. The van der Waals surface area contributed by atoms with E-state index in [0.717, 1.165) is 0 Å². The third-order valence-corrected chi connectivity index (χ3v) is 4.37. The number of nitrogens with zero attached hydrogens (tertiary/aromatic N) is 1. The van der Waals surface area contributed by atoms with E-state index in [1.165, 1.54) is 4.90 Å². The Hall–Kier alpha value is -2.50. The van der Waals surface area contributed by atoms with E-state index in [2.05, 4.69) is 0 Å². The van der Waals surface area contributed by atoms with Crippen LogP contribution in [0, 0.1) is 5.92 Å². The van der Waals surface area contributed by atoms with Crippen molar-refractivity contribution >= 4 is 11.7 Å². The molecule has 0 bridgehead atoms. The number of amides is 1. The molecule has 5 nitrogen and oxygen atoms in total. The third-order valence-electron chi connectivity index (χ3n) is 4.37. The van der Waals surface area contributed by atoms with E-state index < -0.39 is 6.10 Å². The van der Waals surface area contributed by atoms with Crippen molar-refractivity contribution in [3.63, 3.8) is 0 Å². The topological polar surface area (TPSA) is 77.8 Å². The lowest BCUT2D eigenvalue weighted by molar-refractivity contribution is 0.0759. The Morgan fingerprint density at radius 3 is 2.21 bits per heavy atom. The molecule has 1 aliphatic rings. The average molecular weight is 325 g/mol. The van der Waals surface area contributed by atoms with Crippen LogP contribution in [0.2, 0.25) is 0 Å². The summed E-state index contributed by atoms with van der Waals surface area (Å²) >= 11 is 0. The Balaban J connectivity index is 1.90. The first-order valence-electron chi connectivity index (χ1n) is 7.88. The monoisotopic (exact) mass is 325 g/mol. The summed E-state index contributed by atoms with van der Waals surface area (Å²) < 4.78 is 0. The summed E-state index contributed by atoms with van der Waals surface area (Å²) in [6.07, 6.45) is -0.740. The molecule has 3 rings (SSSR count). The molecule has 1 heterocycles. The van der Waals surface area contributed by atoms with Crippen LogP contribution in [0.1, 0.15) is 26.3 Å². The van der Waals surface area contributed by atoms with Crippen molar-refractivity contribution in [2.45, 2.75) is 6.10 Å². The third kappa shape index (κ3) is 3.09. The van der Waals surface area contributed by atoms with Gasteiger partial charge in [0.15, 0.2) is 5.78 Å². The van der Waals surface area contributed by atoms with E-state index in [0.29, 0.717) is 16.7 Å². The number of ketones is 1. The van der Waals surface area contributed by atoms with Crippen molar-refractivity contribution in [1.29, 1.82) is 0 Å². The summed E-state index contributed by atoms with van der Waals surface area (Å²) in [4.78, 5) is 27.0. The number of likely N-dealkylation sites (tertiary alicyclic amines) is 1. The molecule has 1 amide bonds. The predicted molar refractivity (Wildman–Crippen MR) is 88.8 cm³/mol. The molecule has 0 spiro atoms. The molecule has 24 heavy (non-hydrogen) atoms. The van der Waals surface area contributed by atoms with Crippen LogP contribution in [-0.4, -0.2) is 52.6 Å². The molecule has 0 saturated carbocycles. The van der Waals surface area contributed by atoms with Crippen LogP contribution in [0.4, 0.5) is 0 Å². The van der Waals surface area contributed by atoms with Crippen LogP contribution in [0.3, 0.4) is 0 Å². The number of aliphatic hydroxyl groups is 2. The van der Waals surface area contributed by atoms with Crippen LogP contribution in [0.25, 0.3) is 0 Å². The lowest BCUT2D eigenvalue weighted by Crippen LogP contribution is -2.31. The number of carbonyl (C=O) groups is 2. The molecule has 1 aliphatic heterocycles. The molecule has 2 aromatic rings. The predicted octanol–water partition coefficient (Wildman–Crippen LogP) is 1.34. The lowest BCUT2D eigenvalue weighted by atomic mass is 9.97. The van der Waals surface area contributed by atoms with Crippen molar-refractivity contribution in [2.24, 2.45) is 5.92 Å². The molecule has 1 saturated heterocycles. The van der Waals surface area contributed by atoms with Crippen LogP contribution < -0.4 is 0 Å². The first-order chi connectivity index (χ1) is 11.6. The standard InChI is InChI=1S/C19H19NO4/c21-12-14-10-20(11-17(14)22)19(24)16-9-5-4-8-15(16)18(23)13-6-2-1-3-7-13/h1-9,14,17,21-22H,10-12H2/t14-,17+/m0/s1. The maximum Gasteiger partial charge on any atom is 0.254 e. The molecule has 124 valence electrons. The molecule has 2 N–H and O–H groups in total. The van der Waals surface area contributed by atoms with Gasteiger partial charge in [-0.3, -0.25) is 9.59 Å². The smallest absolute Gasteiger partial charge is 0.254 e.